The maximum Gasteiger partial charge on any atom is 0.591 e. The van der Waals surface area contributed by atoms with Gasteiger partial charge in [-0.1, -0.05) is 24.3 Å². The molecular formula is C13H15BO2. The van der Waals surface area contributed by atoms with E-state index in [2.05, 4.69) is 12.2 Å². The molecule has 0 spiro atoms. The number of hydrogen-bond donors (Lipinski definition) is 0. The lowest BCUT2D eigenvalue weighted by atomic mass is 9.94. The topological polar surface area (TPSA) is 18.5 Å². The van der Waals surface area contributed by atoms with Crippen LogP contribution < -0.4 is 4.65 Å². The summed E-state index contributed by atoms with van der Waals surface area (Å²) in [6.07, 6.45) is 8.34. The fourth-order valence-corrected chi connectivity index (χ4v) is 1.58. The molecule has 2 rings (SSSR count). The van der Waals surface area contributed by atoms with Crippen LogP contribution in [0.1, 0.15) is 12.8 Å². The van der Waals surface area contributed by atoms with Crippen molar-refractivity contribution >= 4 is 7.12 Å². The zero-order valence-corrected chi connectivity index (χ0v) is 9.43. The summed E-state index contributed by atoms with van der Waals surface area (Å²) >= 11 is 0. The highest BCUT2D eigenvalue weighted by atomic mass is 16.6. The van der Waals surface area contributed by atoms with Gasteiger partial charge < -0.3 is 9.31 Å². The third-order valence-electron chi connectivity index (χ3n) is 2.31. The van der Waals surface area contributed by atoms with E-state index in [1.165, 1.54) is 0 Å². The lowest BCUT2D eigenvalue weighted by molar-refractivity contribution is 0.360. The van der Waals surface area contributed by atoms with E-state index in [9.17, 15) is 0 Å². The summed E-state index contributed by atoms with van der Waals surface area (Å²) in [5.74, 6) is 1.73. The normalized spacial score (nSPS) is 14.2. The minimum Gasteiger partial charge on any atom is -0.526 e. The summed E-state index contributed by atoms with van der Waals surface area (Å²) in [4.78, 5) is 0. The molecule has 1 aromatic rings. The van der Waals surface area contributed by atoms with Crippen LogP contribution in [0.2, 0.25) is 6.82 Å². The van der Waals surface area contributed by atoms with Crippen LogP contribution in [0.15, 0.2) is 54.3 Å². The van der Waals surface area contributed by atoms with Crippen molar-refractivity contribution in [2.24, 2.45) is 0 Å². The molecule has 0 aromatic heterocycles. The molecule has 0 radical (unpaired) electrons. The van der Waals surface area contributed by atoms with E-state index >= 15 is 0 Å². The number of benzene rings is 1. The van der Waals surface area contributed by atoms with Gasteiger partial charge in [-0.25, -0.2) is 0 Å². The summed E-state index contributed by atoms with van der Waals surface area (Å²) in [5.41, 5.74) is 0. The molecule has 0 atom stereocenters. The molecule has 2 nitrogen and oxygen atoms in total. The van der Waals surface area contributed by atoms with E-state index in [0.717, 1.165) is 24.4 Å². The van der Waals surface area contributed by atoms with Gasteiger partial charge in [0.15, 0.2) is 0 Å². The predicted octanol–water partition coefficient (Wildman–Crippen LogP) is 3.43. The molecule has 0 aliphatic heterocycles. The highest BCUT2D eigenvalue weighted by Gasteiger charge is 2.15. The molecule has 0 fully saturated rings. The molecule has 16 heavy (non-hydrogen) atoms. The number of hydrogen-bond acceptors (Lipinski definition) is 2. The smallest absolute Gasteiger partial charge is 0.526 e. The van der Waals surface area contributed by atoms with Crippen molar-refractivity contribution in [2.75, 3.05) is 0 Å². The maximum atomic E-state index is 5.65. The van der Waals surface area contributed by atoms with Crippen molar-refractivity contribution in [1.29, 1.82) is 0 Å². The molecule has 0 bridgehead atoms. The zero-order valence-electron chi connectivity index (χ0n) is 9.43. The van der Waals surface area contributed by atoms with Crippen molar-refractivity contribution < 1.29 is 9.31 Å². The van der Waals surface area contributed by atoms with Crippen LogP contribution in [0.25, 0.3) is 0 Å². The Hall–Kier alpha value is -1.64. The van der Waals surface area contributed by atoms with Gasteiger partial charge in [-0.15, -0.1) is 0 Å². The molecule has 0 N–H and O–H groups in total. The Kier molecular flexibility index (Phi) is 3.70. The van der Waals surface area contributed by atoms with Crippen LogP contribution in [0.4, 0.5) is 0 Å². The SMILES string of the molecule is CB(OC1=CCCC=C1)Oc1ccccc1. The molecule has 1 aliphatic rings. The molecule has 1 aromatic carbocycles. The minimum absolute atomic E-state index is 0.267. The van der Waals surface area contributed by atoms with Gasteiger partial charge in [-0.2, -0.15) is 0 Å². The first kappa shape index (κ1) is 10.9. The maximum absolute atomic E-state index is 5.65. The fourth-order valence-electron chi connectivity index (χ4n) is 1.58. The average molecular weight is 214 g/mol. The Morgan fingerprint density at radius 1 is 1.06 bits per heavy atom. The van der Waals surface area contributed by atoms with Crippen LogP contribution in [0.5, 0.6) is 5.75 Å². The van der Waals surface area contributed by atoms with Gasteiger partial charge in [0.1, 0.15) is 5.75 Å². The lowest BCUT2D eigenvalue weighted by Crippen LogP contribution is -2.21. The standard InChI is InChI=1S/C13H15BO2/c1-14(15-12-8-4-2-5-9-12)16-13-10-6-3-7-11-13/h2,4-6,8-11H,3,7H2,1H3. The molecular weight excluding hydrogens is 199 g/mol. The third-order valence-corrected chi connectivity index (χ3v) is 2.31. The summed E-state index contributed by atoms with van der Waals surface area (Å²) in [5, 5.41) is 0. The second kappa shape index (κ2) is 5.45. The van der Waals surface area contributed by atoms with E-state index in [0.29, 0.717) is 0 Å². The highest BCUT2D eigenvalue weighted by molar-refractivity contribution is 6.43. The zero-order chi connectivity index (χ0) is 11.2. The van der Waals surface area contributed by atoms with E-state index < -0.39 is 0 Å². The highest BCUT2D eigenvalue weighted by Crippen LogP contribution is 2.15. The Labute approximate surface area is 96.7 Å². The van der Waals surface area contributed by atoms with Crippen LogP contribution >= 0.6 is 0 Å². The van der Waals surface area contributed by atoms with Crippen molar-refractivity contribution in [2.45, 2.75) is 19.7 Å². The van der Waals surface area contributed by atoms with E-state index in [-0.39, 0.29) is 7.12 Å². The van der Waals surface area contributed by atoms with E-state index in [4.69, 9.17) is 9.31 Å². The van der Waals surface area contributed by atoms with Gasteiger partial charge in [0.2, 0.25) is 0 Å². The number of para-hydroxylation sites is 1. The summed E-state index contributed by atoms with van der Waals surface area (Å²) in [7, 11) is -0.267. The molecule has 0 heterocycles. The Morgan fingerprint density at radius 2 is 1.88 bits per heavy atom. The molecule has 82 valence electrons. The van der Waals surface area contributed by atoms with Crippen LogP contribution in [-0.4, -0.2) is 7.12 Å². The lowest BCUT2D eigenvalue weighted by Gasteiger charge is -2.15. The van der Waals surface area contributed by atoms with Gasteiger partial charge in [-0.05, 0) is 43.9 Å². The largest absolute Gasteiger partial charge is 0.591 e. The Bertz CT molecular complexity index is 384. The quantitative estimate of drug-likeness (QED) is 0.714. The van der Waals surface area contributed by atoms with Crippen molar-refractivity contribution in [3.8, 4) is 5.75 Å². The number of allylic oxidation sites excluding steroid dienone is 3. The molecule has 0 saturated heterocycles. The molecule has 3 heteroatoms. The van der Waals surface area contributed by atoms with Crippen LogP contribution in [0.3, 0.4) is 0 Å². The monoisotopic (exact) mass is 214 g/mol. The number of rotatable bonds is 4. The first-order chi connectivity index (χ1) is 7.84. The summed E-state index contributed by atoms with van der Waals surface area (Å²) < 4.78 is 11.3. The Morgan fingerprint density at radius 3 is 2.56 bits per heavy atom. The first-order valence-electron chi connectivity index (χ1n) is 5.59. The fraction of sp³-hybridized carbons (Fsp3) is 0.231. The summed E-state index contributed by atoms with van der Waals surface area (Å²) in [6, 6.07) is 9.70. The van der Waals surface area contributed by atoms with Crippen molar-refractivity contribution in [1.82, 2.24) is 0 Å². The molecule has 0 saturated carbocycles. The van der Waals surface area contributed by atoms with Gasteiger partial charge in [0.05, 0.1) is 5.76 Å². The molecule has 1 aliphatic carbocycles. The first-order valence-corrected chi connectivity index (χ1v) is 5.59. The van der Waals surface area contributed by atoms with E-state index in [1.807, 2.05) is 43.2 Å². The van der Waals surface area contributed by atoms with Crippen LogP contribution in [0, 0.1) is 0 Å². The average Bonchev–Trinajstić information content (AvgIpc) is 2.31. The van der Waals surface area contributed by atoms with Gasteiger partial charge in [0.25, 0.3) is 0 Å². The van der Waals surface area contributed by atoms with Gasteiger partial charge >= 0.3 is 7.12 Å². The predicted molar refractivity (Wildman–Crippen MR) is 66.2 cm³/mol. The summed E-state index contributed by atoms with van der Waals surface area (Å²) in [6.45, 7) is 1.90. The molecule has 0 amide bonds. The minimum atomic E-state index is -0.267. The van der Waals surface area contributed by atoms with E-state index in [1.54, 1.807) is 0 Å². The van der Waals surface area contributed by atoms with Gasteiger partial charge in [0, 0.05) is 0 Å². The Balaban J connectivity index is 1.87. The van der Waals surface area contributed by atoms with Crippen molar-refractivity contribution in [3.63, 3.8) is 0 Å². The van der Waals surface area contributed by atoms with Crippen molar-refractivity contribution in [3.05, 3.63) is 54.3 Å². The second-order valence-corrected chi connectivity index (χ2v) is 3.70. The van der Waals surface area contributed by atoms with Crippen LogP contribution in [-0.2, 0) is 4.65 Å². The molecule has 0 unspecified atom stereocenters. The van der Waals surface area contributed by atoms with Gasteiger partial charge in [-0.3, -0.25) is 0 Å². The second-order valence-electron chi connectivity index (χ2n) is 3.70. The third kappa shape index (κ3) is 3.19.